The van der Waals surface area contributed by atoms with E-state index in [1.165, 1.54) is 13.8 Å². The van der Waals surface area contributed by atoms with Crippen LogP contribution in [0.15, 0.2) is 48.5 Å². The van der Waals surface area contributed by atoms with Gasteiger partial charge in [0.2, 0.25) is 0 Å². The van der Waals surface area contributed by atoms with Crippen LogP contribution in [0, 0.1) is 0 Å². The number of carboxylic acids is 1. The van der Waals surface area contributed by atoms with E-state index < -0.39 is 37.8 Å². The molecule has 2 aromatic rings. The van der Waals surface area contributed by atoms with Gasteiger partial charge >= 0.3 is 25.3 Å². The smallest absolute Gasteiger partial charge is 0.407 e. The summed E-state index contributed by atoms with van der Waals surface area (Å²) >= 11 is 0. The zero-order valence-electron chi connectivity index (χ0n) is 18.7. The van der Waals surface area contributed by atoms with Gasteiger partial charge in [-0.2, -0.15) is 8.78 Å². The van der Waals surface area contributed by atoms with E-state index in [1.807, 2.05) is 53.8 Å². The predicted molar refractivity (Wildman–Crippen MR) is 120 cm³/mol. The van der Waals surface area contributed by atoms with Gasteiger partial charge in [-0.3, -0.25) is 4.57 Å². The molecule has 0 heterocycles. The van der Waals surface area contributed by atoms with Crippen molar-refractivity contribution in [2.45, 2.75) is 37.9 Å². The maximum absolute atomic E-state index is 14.7. The molecule has 1 amide bonds. The van der Waals surface area contributed by atoms with Crippen LogP contribution in [0.2, 0.25) is 0 Å². The summed E-state index contributed by atoms with van der Waals surface area (Å²) in [4.78, 5) is 23.9. The fourth-order valence-electron chi connectivity index (χ4n) is 3.91. The van der Waals surface area contributed by atoms with Crippen LogP contribution in [-0.2, 0) is 23.1 Å². The fourth-order valence-corrected chi connectivity index (χ4v) is 5.44. The van der Waals surface area contributed by atoms with Crippen molar-refractivity contribution in [3.63, 3.8) is 0 Å². The van der Waals surface area contributed by atoms with E-state index in [2.05, 4.69) is 9.05 Å². The van der Waals surface area contributed by atoms with Crippen LogP contribution < -0.4 is 5.32 Å². The van der Waals surface area contributed by atoms with Gasteiger partial charge in [0.1, 0.15) is 12.6 Å². The second-order valence-corrected chi connectivity index (χ2v) is 9.73. The third-order valence-electron chi connectivity index (χ3n) is 5.38. The predicted octanol–water partition coefficient (Wildman–Crippen LogP) is 5.23. The lowest BCUT2D eigenvalue weighted by molar-refractivity contribution is -0.141. The van der Waals surface area contributed by atoms with E-state index in [1.54, 1.807) is 0 Å². The molecule has 184 valence electrons. The number of benzene rings is 2. The first-order chi connectivity index (χ1) is 16.1. The molecule has 2 aromatic carbocycles. The van der Waals surface area contributed by atoms with E-state index in [0.29, 0.717) is 0 Å². The summed E-state index contributed by atoms with van der Waals surface area (Å²) in [6, 6.07) is 13.1. The number of hydrogen-bond acceptors (Lipinski definition) is 6. The second-order valence-electron chi connectivity index (χ2n) is 7.56. The standard InChI is InChI=1S/C23H26F2NO7P/c1-3-32-34(30,33-4-2)23(24,25)13-20(21(27)28)26-22(29)31-14-19-17-11-7-5-9-15(17)16-10-6-8-12-18(16)19/h5-12,19-20H,3-4,13-14H2,1-2H3,(H,26,29)(H,27,28). The van der Waals surface area contributed by atoms with Gasteiger partial charge < -0.3 is 24.2 Å². The molecule has 0 fully saturated rings. The van der Waals surface area contributed by atoms with Gasteiger partial charge in [-0.25, -0.2) is 9.59 Å². The highest BCUT2D eigenvalue weighted by molar-refractivity contribution is 7.55. The number of amides is 1. The van der Waals surface area contributed by atoms with Gasteiger partial charge in [-0.15, -0.1) is 0 Å². The van der Waals surface area contributed by atoms with Crippen LogP contribution in [0.5, 0.6) is 0 Å². The average molecular weight is 497 g/mol. The van der Waals surface area contributed by atoms with Crippen LogP contribution in [0.25, 0.3) is 11.1 Å². The van der Waals surface area contributed by atoms with Crippen LogP contribution in [-0.4, -0.2) is 48.7 Å². The normalized spacial score (nSPS) is 14.2. The molecular weight excluding hydrogens is 471 g/mol. The van der Waals surface area contributed by atoms with Crippen molar-refractivity contribution >= 4 is 19.7 Å². The Hall–Kier alpha value is -2.81. The number of rotatable bonds is 11. The molecule has 0 saturated heterocycles. The highest BCUT2D eigenvalue weighted by atomic mass is 31.2. The van der Waals surface area contributed by atoms with Crippen molar-refractivity contribution < 1.29 is 41.8 Å². The third-order valence-corrected chi connectivity index (χ3v) is 7.56. The minimum atomic E-state index is -4.95. The van der Waals surface area contributed by atoms with Gasteiger partial charge in [0.15, 0.2) is 0 Å². The molecule has 34 heavy (non-hydrogen) atoms. The molecule has 0 aromatic heterocycles. The molecule has 1 atom stereocenters. The molecule has 0 radical (unpaired) electrons. The largest absolute Gasteiger partial charge is 0.480 e. The van der Waals surface area contributed by atoms with E-state index >= 15 is 0 Å². The number of halogens is 2. The second kappa shape index (κ2) is 10.6. The van der Waals surface area contributed by atoms with Gasteiger partial charge in [0.05, 0.1) is 19.6 Å². The number of carbonyl (C=O) groups is 2. The summed E-state index contributed by atoms with van der Waals surface area (Å²) in [6.45, 7) is 1.92. The Bertz CT molecular complexity index is 1040. The average Bonchev–Trinajstić information content (AvgIpc) is 3.11. The summed E-state index contributed by atoms with van der Waals surface area (Å²) in [5, 5.41) is 11.3. The Morgan fingerprint density at radius 2 is 1.53 bits per heavy atom. The van der Waals surface area contributed by atoms with Crippen molar-refractivity contribution in [2.24, 2.45) is 0 Å². The number of carboxylic acid groups (broad SMARTS) is 1. The molecule has 1 aliphatic rings. The maximum atomic E-state index is 14.7. The Balaban J connectivity index is 1.69. The number of ether oxygens (including phenoxy) is 1. The Labute approximate surface area is 195 Å². The molecule has 1 aliphatic carbocycles. The molecule has 0 bridgehead atoms. The Kier molecular flexibility index (Phi) is 8.07. The van der Waals surface area contributed by atoms with Crippen LogP contribution in [0.4, 0.5) is 13.6 Å². The third kappa shape index (κ3) is 5.29. The molecule has 2 N–H and O–H groups in total. The maximum Gasteiger partial charge on any atom is 0.407 e. The SMILES string of the molecule is CCOP(=O)(OCC)C(F)(F)CC(NC(=O)OCC1c2ccccc2-c2ccccc21)C(=O)O. The van der Waals surface area contributed by atoms with Crippen LogP contribution in [0.1, 0.15) is 37.3 Å². The number of carbonyl (C=O) groups excluding carboxylic acids is 1. The number of alkyl halides is 2. The molecule has 0 aliphatic heterocycles. The van der Waals surface area contributed by atoms with E-state index in [0.717, 1.165) is 22.3 Å². The quantitative estimate of drug-likeness (QED) is 0.409. The van der Waals surface area contributed by atoms with Gasteiger partial charge in [-0.05, 0) is 36.1 Å². The topological polar surface area (TPSA) is 111 Å². The van der Waals surface area contributed by atoms with Gasteiger partial charge in [0.25, 0.3) is 0 Å². The number of fused-ring (bicyclic) bond motifs is 3. The lowest BCUT2D eigenvalue weighted by Crippen LogP contribution is -2.45. The molecule has 1 unspecified atom stereocenters. The monoisotopic (exact) mass is 497 g/mol. The highest BCUT2D eigenvalue weighted by Gasteiger charge is 2.55. The van der Waals surface area contributed by atoms with Crippen molar-refractivity contribution in [1.82, 2.24) is 5.32 Å². The number of alkyl carbamates (subject to hydrolysis) is 1. The summed E-state index contributed by atoms with van der Waals surface area (Å²) in [7, 11) is -4.95. The summed E-state index contributed by atoms with van der Waals surface area (Å²) in [5.74, 6) is -2.04. The highest BCUT2D eigenvalue weighted by Crippen LogP contribution is 2.63. The summed E-state index contributed by atoms with van der Waals surface area (Å²) in [6.07, 6.45) is -2.68. The Morgan fingerprint density at radius 1 is 1.03 bits per heavy atom. The molecule has 8 nitrogen and oxygen atoms in total. The summed E-state index contributed by atoms with van der Waals surface area (Å²) < 4.78 is 56.4. The lowest BCUT2D eigenvalue weighted by atomic mass is 9.98. The minimum absolute atomic E-state index is 0.126. The van der Waals surface area contributed by atoms with Crippen molar-refractivity contribution in [2.75, 3.05) is 19.8 Å². The molecule has 3 rings (SSSR count). The molecular formula is C23H26F2NO7P. The zero-order valence-corrected chi connectivity index (χ0v) is 19.6. The number of hydrogen-bond donors (Lipinski definition) is 2. The van der Waals surface area contributed by atoms with Crippen molar-refractivity contribution in [1.29, 1.82) is 0 Å². The minimum Gasteiger partial charge on any atom is -0.480 e. The first-order valence-electron chi connectivity index (χ1n) is 10.7. The van der Waals surface area contributed by atoms with Gasteiger partial charge in [0, 0.05) is 5.92 Å². The Morgan fingerprint density at radius 3 is 2.00 bits per heavy atom. The fraction of sp³-hybridized carbons (Fsp3) is 0.391. The molecule has 0 saturated carbocycles. The van der Waals surface area contributed by atoms with Gasteiger partial charge in [-0.1, -0.05) is 48.5 Å². The number of nitrogens with one attached hydrogen (secondary N) is 1. The van der Waals surface area contributed by atoms with E-state index in [-0.39, 0.29) is 25.7 Å². The lowest BCUT2D eigenvalue weighted by Gasteiger charge is -2.27. The van der Waals surface area contributed by atoms with E-state index in [9.17, 15) is 28.0 Å². The first-order valence-corrected chi connectivity index (χ1v) is 12.3. The van der Waals surface area contributed by atoms with Crippen molar-refractivity contribution in [3.8, 4) is 11.1 Å². The molecule has 11 heteroatoms. The summed E-state index contributed by atoms with van der Waals surface area (Å²) in [5.41, 5.74) is -0.284. The number of aliphatic carboxylic acids is 1. The van der Waals surface area contributed by atoms with Crippen molar-refractivity contribution in [3.05, 3.63) is 59.7 Å². The first kappa shape index (κ1) is 25.8. The van der Waals surface area contributed by atoms with Crippen LogP contribution >= 0.6 is 7.60 Å². The van der Waals surface area contributed by atoms with E-state index in [4.69, 9.17) is 4.74 Å². The van der Waals surface area contributed by atoms with Crippen LogP contribution in [0.3, 0.4) is 0 Å². The molecule has 0 spiro atoms. The zero-order chi connectivity index (χ0) is 24.9.